The van der Waals surface area contributed by atoms with Crippen molar-refractivity contribution in [3.05, 3.63) is 36.2 Å². The minimum Gasteiger partial charge on any atom is -0.359 e. The molecule has 2 aromatic heterocycles. The van der Waals surface area contributed by atoms with Gasteiger partial charge in [0.1, 0.15) is 0 Å². The Kier molecular flexibility index (Phi) is 6.82. The normalized spacial score (nSPS) is 18.6. The number of fused-ring (bicyclic) bond motifs is 1. The van der Waals surface area contributed by atoms with Gasteiger partial charge in [-0.05, 0) is 64.5 Å². The number of rotatable bonds is 7. The smallest absolute Gasteiger partial charge is 0.274 e. The number of nitrogens with zero attached hydrogens (tertiary/aromatic N) is 3. The van der Waals surface area contributed by atoms with Crippen molar-refractivity contribution < 1.29 is 9.63 Å². The summed E-state index contributed by atoms with van der Waals surface area (Å²) in [5.74, 6) is 0.414. The van der Waals surface area contributed by atoms with Gasteiger partial charge in [-0.25, -0.2) is 20.4 Å². The number of thioether (sulfide) groups is 1. The van der Waals surface area contributed by atoms with Gasteiger partial charge in [-0.1, -0.05) is 11.3 Å². The van der Waals surface area contributed by atoms with Crippen LogP contribution in [0.25, 0.3) is 10.2 Å². The first-order valence-corrected chi connectivity index (χ1v) is 12.6. The molecular formula is C22H28N6O2S2. The van der Waals surface area contributed by atoms with Gasteiger partial charge in [0.25, 0.3) is 5.91 Å². The zero-order valence-electron chi connectivity index (χ0n) is 18.6. The number of aromatic nitrogens is 3. The number of carbonyl (C=O) groups excluding carboxylic acids is 1. The molecule has 1 fully saturated rings. The van der Waals surface area contributed by atoms with Gasteiger partial charge >= 0.3 is 0 Å². The molecule has 0 bridgehead atoms. The molecule has 1 aliphatic carbocycles. The minimum atomic E-state index is -0.445. The van der Waals surface area contributed by atoms with Crippen molar-refractivity contribution in [1.82, 2.24) is 20.4 Å². The average Bonchev–Trinajstić information content (AvgIpc) is 3.37. The molecule has 3 N–H and O–H groups in total. The number of nitrogens with one attached hydrogen (secondary N) is 3. The molecule has 0 spiro atoms. The molecule has 1 aliphatic rings. The van der Waals surface area contributed by atoms with E-state index in [9.17, 15) is 4.79 Å². The Morgan fingerprint density at radius 2 is 1.88 bits per heavy atom. The first kappa shape index (κ1) is 22.8. The molecule has 0 unspecified atom stereocenters. The third-order valence-electron chi connectivity index (χ3n) is 5.06. The molecule has 0 saturated heterocycles. The Morgan fingerprint density at radius 1 is 1.16 bits per heavy atom. The van der Waals surface area contributed by atoms with Crippen LogP contribution in [0.1, 0.15) is 50.4 Å². The SMILES string of the molecule is CSc1cnc(N[C@H]2CC[C@H](Nc3nc4ccc(C(=O)NOC(C)(C)C)cc4s3)C2)nc1. The highest BCUT2D eigenvalue weighted by Gasteiger charge is 2.26. The summed E-state index contributed by atoms with van der Waals surface area (Å²) in [6.07, 6.45) is 8.77. The van der Waals surface area contributed by atoms with Crippen LogP contribution in [0.15, 0.2) is 35.5 Å². The molecule has 4 rings (SSSR count). The Bertz CT molecular complexity index is 1080. The number of anilines is 2. The molecule has 32 heavy (non-hydrogen) atoms. The third kappa shape index (κ3) is 5.87. The van der Waals surface area contributed by atoms with Crippen molar-refractivity contribution in [2.45, 2.75) is 62.6 Å². The lowest BCUT2D eigenvalue weighted by atomic mass is 10.2. The molecular weight excluding hydrogens is 444 g/mol. The summed E-state index contributed by atoms with van der Waals surface area (Å²) in [7, 11) is 0. The quantitative estimate of drug-likeness (QED) is 0.336. The van der Waals surface area contributed by atoms with Crippen LogP contribution in [0.2, 0.25) is 0 Å². The summed E-state index contributed by atoms with van der Waals surface area (Å²) in [5, 5.41) is 7.86. The van der Waals surface area contributed by atoms with Gasteiger partial charge < -0.3 is 10.6 Å². The fourth-order valence-electron chi connectivity index (χ4n) is 3.48. The van der Waals surface area contributed by atoms with Gasteiger partial charge in [0.15, 0.2) is 5.13 Å². The van der Waals surface area contributed by atoms with E-state index in [2.05, 4.69) is 31.1 Å². The standard InChI is InChI=1S/C22H28N6O2S2/c1-22(2,3)30-28-19(29)13-5-8-17-18(9-13)32-21(27-17)26-15-7-6-14(10-15)25-20-23-11-16(31-4)12-24-20/h5,8-9,11-12,14-15H,6-7,10H2,1-4H3,(H,26,27)(H,28,29)(H,23,24,25)/t14-,15-/m0/s1. The van der Waals surface area contributed by atoms with E-state index in [4.69, 9.17) is 4.84 Å². The average molecular weight is 473 g/mol. The van der Waals surface area contributed by atoms with Crippen LogP contribution in [-0.2, 0) is 4.84 Å². The zero-order chi connectivity index (χ0) is 22.7. The highest BCUT2D eigenvalue weighted by atomic mass is 32.2. The van der Waals surface area contributed by atoms with Crippen LogP contribution in [0.3, 0.4) is 0 Å². The summed E-state index contributed by atoms with van der Waals surface area (Å²) in [6.45, 7) is 5.65. The van der Waals surface area contributed by atoms with Crippen molar-refractivity contribution in [2.24, 2.45) is 0 Å². The van der Waals surface area contributed by atoms with Gasteiger partial charge in [-0.2, -0.15) is 0 Å². The number of benzene rings is 1. The van der Waals surface area contributed by atoms with E-state index in [1.807, 2.05) is 51.6 Å². The zero-order valence-corrected chi connectivity index (χ0v) is 20.3. The molecule has 3 aromatic rings. The van der Waals surface area contributed by atoms with Crippen LogP contribution >= 0.6 is 23.1 Å². The molecule has 8 nitrogen and oxygen atoms in total. The molecule has 0 radical (unpaired) electrons. The second-order valence-electron chi connectivity index (χ2n) is 8.79. The van der Waals surface area contributed by atoms with Gasteiger partial charge in [0, 0.05) is 34.9 Å². The van der Waals surface area contributed by atoms with E-state index in [1.165, 1.54) is 0 Å². The van der Waals surface area contributed by atoms with E-state index < -0.39 is 5.60 Å². The molecule has 2 heterocycles. The largest absolute Gasteiger partial charge is 0.359 e. The van der Waals surface area contributed by atoms with E-state index >= 15 is 0 Å². The molecule has 10 heteroatoms. The van der Waals surface area contributed by atoms with Crippen LogP contribution in [0, 0.1) is 0 Å². The first-order chi connectivity index (χ1) is 15.3. The van der Waals surface area contributed by atoms with Crippen LogP contribution in [0.5, 0.6) is 0 Å². The Balaban J connectivity index is 1.34. The lowest BCUT2D eigenvalue weighted by Gasteiger charge is -2.18. The van der Waals surface area contributed by atoms with Gasteiger partial charge in [-0.15, -0.1) is 11.8 Å². The van der Waals surface area contributed by atoms with Gasteiger partial charge in [0.2, 0.25) is 5.95 Å². The fraction of sp³-hybridized carbons (Fsp3) is 0.455. The topological polar surface area (TPSA) is 101 Å². The maximum absolute atomic E-state index is 12.4. The number of hydroxylamine groups is 1. The first-order valence-electron chi connectivity index (χ1n) is 10.6. The Morgan fingerprint density at radius 3 is 2.56 bits per heavy atom. The molecule has 170 valence electrons. The summed E-state index contributed by atoms with van der Waals surface area (Å²) in [4.78, 5) is 32.2. The monoisotopic (exact) mass is 472 g/mol. The number of thiazole rings is 1. The van der Waals surface area contributed by atoms with Gasteiger partial charge in [-0.3, -0.25) is 9.63 Å². The van der Waals surface area contributed by atoms with Crippen molar-refractivity contribution in [3.63, 3.8) is 0 Å². The van der Waals surface area contributed by atoms with Gasteiger partial charge in [0.05, 0.1) is 15.8 Å². The number of carbonyl (C=O) groups is 1. The van der Waals surface area contributed by atoms with Crippen molar-refractivity contribution in [2.75, 3.05) is 16.9 Å². The molecule has 1 aromatic carbocycles. The molecule has 0 aliphatic heterocycles. The van der Waals surface area contributed by atoms with Crippen molar-refractivity contribution in [3.8, 4) is 0 Å². The summed E-state index contributed by atoms with van der Waals surface area (Å²) >= 11 is 3.19. The van der Waals surface area contributed by atoms with Crippen LogP contribution in [-0.4, -0.2) is 44.8 Å². The van der Waals surface area contributed by atoms with Crippen molar-refractivity contribution in [1.29, 1.82) is 0 Å². The highest BCUT2D eigenvalue weighted by molar-refractivity contribution is 7.98. The number of amides is 1. The summed E-state index contributed by atoms with van der Waals surface area (Å²) in [6, 6.07) is 6.16. The highest BCUT2D eigenvalue weighted by Crippen LogP contribution is 2.31. The maximum atomic E-state index is 12.4. The van der Waals surface area contributed by atoms with Crippen LogP contribution in [0.4, 0.5) is 11.1 Å². The second-order valence-corrected chi connectivity index (χ2v) is 10.7. The Hall–Kier alpha value is -2.43. The molecule has 1 saturated carbocycles. The number of hydrogen-bond acceptors (Lipinski definition) is 9. The van der Waals surface area contributed by atoms with Crippen LogP contribution < -0.4 is 16.1 Å². The summed E-state index contributed by atoms with van der Waals surface area (Å²) < 4.78 is 0.964. The van der Waals surface area contributed by atoms with E-state index in [0.717, 1.165) is 39.5 Å². The molecule has 2 atom stereocenters. The predicted molar refractivity (Wildman–Crippen MR) is 130 cm³/mol. The second kappa shape index (κ2) is 9.60. The minimum absolute atomic E-state index is 0.262. The molecule has 1 amide bonds. The third-order valence-corrected chi connectivity index (χ3v) is 6.69. The fourth-order valence-corrected chi connectivity index (χ4v) is 4.78. The van der Waals surface area contributed by atoms with E-state index in [0.29, 0.717) is 23.6 Å². The van der Waals surface area contributed by atoms with E-state index in [-0.39, 0.29) is 5.91 Å². The summed E-state index contributed by atoms with van der Waals surface area (Å²) in [5.41, 5.74) is 3.49. The maximum Gasteiger partial charge on any atom is 0.274 e. The lowest BCUT2D eigenvalue weighted by Crippen LogP contribution is -2.33. The number of hydrogen-bond donors (Lipinski definition) is 3. The van der Waals surface area contributed by atoms with E-state index in [1.54, 1.807) is 29.2 Å². The lowest BCUT2D eigenvalue weighted by molar-refractivity contribution is -0.0589. The predicted octanol–water partition coefficient (Wildman–Crippen LogP) is 4.71. The van der Waals surface area contributed by atoms with Crippen molar-refractivity contribution >= 4 is 50.3 Å². The Labute approximate surface area is 195 Å².